The Labute approximate surface area is 55.6 Å². The highest BCUT2D eigenvalue weighted by Gasteiger charge is 2.47. The van der Waals surface area contributed by atoms with Crippen molar-refractivity contribution in [3.63, 3.8) is 0 Å². The molecule has 1 saturated carbocycles. The summed E-state index contributed by atoms with van der Waals surface area (Å²) < 4.78 is 0. The molecule has 2 N–H and O–H groups in total. The molecule has 0 aromatic rings. The molecule has 2 nitrogen and oxygen atoms in total. The minimum Gasteiger partial charge on any atom is -0.381 e. The van der Waals surface area contributed by atoms with E-state index in [1.54, 1.807) is 0 Å². The van der Waals surface area contributed by atoms with E-state index in [0.717, 1.165) is 6.42 Å². The van der Waals surface area contributed by atoms with Gasteiger partial charge in [-0.25, -0.2) is 0 Å². The van der Waals surface area contributed by atoms with Crippen molar-refractivity contribution in [2.24, 2.45) is 5.92 Å². The van der Waals surface area contributed by atoms with E-state index >= 15 is 0 Å². The molecule has 0 spiro atoms. The predicted molar refractivity (Wildman–Crippen MR) is 36.9 cm³/mol. The van der Waals surface area contributed by atoms with Crippen molar-refractivity contribution >= 4 is 0 Å². The highest BCUT2D eigenvalue weighted by molar-refractivity contribution is 5.13. The number of aliphatic hydroxyl groups is 1. The molecule has 0 heterocycles. The third kappa shape index (κ3) is 1.14. The second kappa shape index (κ2) is 2.12. The topological polar surface area (TPSA) is 32.3 Å². The van der Waals surface area contributed by atoms with E-state index < -0.39 is 0 Å². The summed E-state index contributed by atoms with van der Waals surface area (Å²) in [4.78, 5) is 0. The van der Waals surface area contributed by atoms with Crippen LogP contribution in [0.3, 0.4) is 0 Å². The summed E-state index contributed by atoms with van der Waals surface area (Å²) in [6.07, 6.45) is 3.04. The third-order valence-corrected chi connectivity index (χ3v) is 2.07. The lowest BCUT2D eigenvalue weighted by Gasteiger charge is -2.08. The van der Waals surface area contributed by atoms with Crippen molar-refractivity contribution in [1.29, 1.82) is 0 Å². The van der Waals surface area contributed by atoms with Crippen LogP contribution in [0.15, 0.2) is 12.7 Å². The monoisotopic (exact) mass is 127 g/mol. The van der Waals surface area contributed by atoms with E-state index in [2.05, 4.69) is 18.8 Å². The first kappa shape index (κ1) is 6.78. The number of rotatable bonds is 3. The van der Waals surface area contributed by atoms with Crippen LogP contribution in [0.25, 0.3) is 0 Å². The van der Waals surface area contributed by atoms with Crippen molar-refractivity contribution < 1.29 is 5.11 Å². The molecule has 0 saturated heterocycles. The molecule has 0 radical (unpaired) electrons. The van der Waals surface area contributed by atoms with E-state index in [4.69, 9.17) is 5.11 Å². The lowest BCUT2D eigenvalue weighted by atomic mass is 10.2. The lowest BCUT2D eigenvalue weighted by Crippen LogP contribution is -2.30. The maximum atomic E-state index is 8.51. The number of aliphatic hydroxyl groups excluding tert-OH is 1. The Balaban J connectivity index is 2.33. The number of nitrogens with one attached hydrogen (secondary N) is 1. The summed E-state index contributed by atoms with van der Waals surface area (Å²) in [6.45, 7) is 5.84. The van der Waals surface area contributed by atoms with E-state index in [1.165, 1.54) is 0 Å². The third-order valence-electron chi connectivity index (χ3n) is 2.07. The minimum absolute atomic E-state index is 0.0703. The molecule has 0 bridgehead atoms. The van der Waals surface area contributed by atoms with Gasteiger partial charge in [-0.05, 0) is 19.3 Å². The molecule has 2 heteroatoms. The zero-order valence-corrected chi connectivity index (χ0v) is 5.72. The first-order chi connectivity index (χ1) is 4.23. The summed E-state index contributed by atoms with van der Waals surface area (Å²) in [5.41, 5.74) is 0.149. The first-order valence-electron chi connectivity index (χ1n) is 3.21. The minimum atomic E-state index is 0.0703. The Bertz CT molecular complexity index is 124. The molecule has 1 aliphatic rings. The zero-order chi connectivity index (χ0) is 6.91. The number of hydrogen-bond acceptors (Lipinski definition) is 2. The van der Waals surface area contributed by atoms with Gasteiger partial charge in [0.1, 0.15) is 0 Å². The van der Waals surface area contributed by atoms with Gasteiger partial charge in [0.15, 0.2) is 0 Å². The SMILES string of the molecule is C=CC1C[C@@]1(C)NCO. The fourth-order valence-corrected chi connectivity index (χ4v) is 1.13. The molecule has 2 atom stereocenters. The summed E-state index contributed by atoms with van der Waals surface area (Å²) >= 11 is 0. The van der Waals surface area contributed by atoms with Gasteiger partial charge in [0.05, 0.1) is 6.73 Å². The molecule has 52 valence electrons. The highest BCUT2D eigenvalue weighted by atomic mass is 16.3. The van der Waals surface area contributed by atoms with Crippen molar-refractivity contribution in [2.75, 3.05) is 6.73 Å². The molecule has 1 fully saturated rings. The quantitative estimate of drug-likeness (QED) is 0.427. The molecule has 1 aliphatic carbocycles. The van der Waals surface area contributed by atoms with Crippen LogP contribution in [-0.4, -0.2) is 17.4 Å². The summed E-state index contributed by atoms with van der Waals surface area (Å²) in [6, 6.07) is 0. The molecule has 0 amide bonds. The van der Waals surface area contributed by atoms with Crippen LogP contribution in [0.2, 0.25) is 0 Å². The van der Waals surface area contributed by atoms with Gasteiger partial charge in [-0.3, -0.25) is 5.32 Å². The highest BCUT2D eigenvalue weighted by Crippen LogP contribution is 2.43. The second-order valence-electron chi connectivity index (χ2n) is 2.80. The zero-order valence-electron chi connectivity index (χ0n) is 5.72. The maximum Gasteiger partial charge on any atom is 0.0935 e. The molecular weight excluding hydrogens is 114 g/mol. The lowest BCUT2D eigenvalue weighted by molar-refractivity contribution is 0.236. The van der Waals surface area contributed by atoms with E-state index in [0.29, 0.717) is 5.92 Å². The Morgan fingerprint density at radius 3 is 3.00 bits per heavy atom. The predicted octanol–water partition coefficient (Wildman–Crippen LogP) is 0.490. The summed E-state index contributed by atoms with van der Waals surface area (Å²) in [5.74, 6) is 0.560. The summed E-state index contributed by atoms with van der Waals surface area (Å²) in [7, 11) is 0. The van der Waals surface area contributed by atoms with Crippen LogP contribution in [0.1, 0.15) is 13.3 Å². The number of hydrogen-bond donors (Lipinski definition) is 2. The van der Waals surface area contributed by atoms with Gasteiger partial charge in [-0.2, -0.15) is 0 Å². The average molecular weight is 127 g/mol. The molecule has 0 aromatic heterocycles. The Kier molecular flexibility index (Phi) is 1.60. The molecule has 9 heavy (non-hydrogen) atoms. The van der Waals surface area contributed by atoms with Crippen molar-refractivity contribution in [1.82, 2.24) is 5.32 Å². The Hall–Kier alpha value is -0.340. The van der Waals surface area contributed by atoms with E-state index in [-0.39, 0.29) is 12.3 Å². The summed E-state index contributed by atoms with van der Waals surface area (Å²) in [5, 5.41) is 11.5. The standard InChI is InChI=1S/C7H13NO/c1-3-6-4-7(6,2)8-5-9/h3,6,8-9H,1,4-5H2,2H3/t6?,7-/m1/s1. The molecule has 1 unspecified atom stereocenters. The van der Waals surface area contributed by atoms with Crippen LogP contribution in [0.5, 0.6) is 0 Å². The van der Waals surface area contributed by atoms with Gasteiger partial charge in [0.25, 0.3) is 0 Å². The Morgan fingerprint density at radius 2 is 2.67 bits per heavy atom. The molecular formula is C7H13NO. The van der Waals surface area contributed by atoms with Crippen LogP contribution in [-0.2, 0) is 0 Å². The van der Waals surface area contributed by atoms with Gasteiger partial charge in [0.2, 0.25) is 0 Å². The molecule has 0 aliphatic heterocycles. The van der Waals surface area contributed by atoms with Gasteiger partial charge in [0, 0.05) is 5.54 Å². The van der Waals surface area contributed by atoms with Crippen molar-refractivity contribution in [2.45, 2.75) is 18.9 Å². The largest absolute Gasteiger partial charge is 0.381 e. The fourth-order valence-electron chi connectivity index (χ4n) is 1.13. The van der Waals surface area contributed by atoms with Crippen LogP contribution < -0.4 is 5.32 Å². The van der Waals surface area contributed by atoms with Gasteiger partial charge < -0.3 is 5.11 Å². The molecule has 0 aromatic carbocycles. The van der Waals surface area contributed by atoms with Gasteiger partial charge >= 0.3 is 0 Å². The van der Waals surface area contributed by atoms with Gasteiger partial charge in [-0.15, -0.1) is 6.58 Å². The van der Waals surface area contributed by atoms with Crippen LogP contribution in [0, 0.1) is 5.92 Å². The Morgan fingerprint density at radius 1 is 2.00 bits per heavy atom. The smallest absolute Gasteiger partial charge is 0.0935 e. The average Bonchev–Trinajstić information content (AvgIpc) is 2.43. The van der Waals surface area contributed by atoms with Crippen molar-refractivity contribution in [3.8, 4) is 0 Å². The normalized spacial score (nSPS) is 40.4. The van der Waals surface area contributed by atoms with Crippen LogP contribution in [0.4, 0.5) is 0 Å². The van der Waals surface area contributed by atoms with E-state index in [1.807, 2.05) is 6.08 Å². The van der Waals surface area contributed by atoms with Gasteiger partial charge in [-0.1, -0.05) is 6.08 Å². The molecule has 1 rings (SSSR count). The van der Waals surface area contributed by atoms with Crippen molar-refractivity contribution in [3.05, 3.63) is 12.7 Å². The van der Waals surface area contributed by atoms with Crippen LogP contribution >= 0.6 is 0 Å². The second-order valence-corrected chi connectivity index (χ2v) is 2.80. The first-order valence-corrected chi connectivity index (χ1v) is 3.21. The maximum absolute atomic E-state index is 8.51. The van der Waals surface area contributed by atoms with E-state index in [9.17, 15) is 0 Å². The fraction of sp³-hybridized carbons (Fsp3) is 0.714.